The zero-order valence-electron chi connectivity index (χ0n) is 7.80. The molecule has 70 valence electrons. The molecule has 0 aromatic rings. The van der Waals surface area contributed by atoms with Crippen LogP contribution >= 0.6 is 12.2 Å². The predicted molar refractivity (Wildman–Crippen MR) is 54.2 cm³/mol. The lowest BCUT2D eigenvalue weighted by atomic mass is 10.0. The van der Waals surface area contributed by atoms with Crippen molar-refractivity contribution in [2.24, 2.45) is 11.1 Å². The van der Waals surface area contributed by atoms with E-state index >= 15 is 0 Å². The number of nitrogens with two attached hydrogens (primary N) is 1. The summed E-state index contributed by atoms with van der Waals surface area (Å²) in [6.07, 6.45) is 3.61. The van der Waals surface area contributed by atoms with Gasteiger partial charge in [-0.1, -0.05) is 12.2 Å². The fourth-order valence-electron chi connectivity index (χ4n) is 1.26. The average Bonchev–Trinajstić information content (AvgIpc) is 2.64. The van der Waals surface area contributed by atoms with Crippen LogP contribution in [-0.4, -0.2) is 17.7 Å². The summed E-state index contributed by atoms with van der Waals surface area (Å²) in [5.41, 5.74) is 5.82. The van der Waals surface area contributed by atoms with E-state index in [0.29, 0.717) is 16.5 Å². The molecule has 1 saturated carbocycles. The molecule has 0 aromatic heterocycles. The van der Waals surface area contributed by atoms with Crippen LogP contribution in [0.3, 0.4) is 0 Å². The SMILES string of the molecule is CC(C)OCC1(CC(N)=S)CC1. The van der Waals surface area contributed by atoms with Crippen LogP contribution < -0.4 is 5.73 Å². The third-order valence-electron chi connectivity index (χ3n) is 2.23. The van der Waals surface area contributed by atoms with Crippen LogP contribution in [-0.2, 0) is 4.74 Å². The smallest absolute Gasteiger partial charge is 0.0733 e. The first kappa shape index (κ1) is 9.93. The minimum atomic E-state index is 0.314. The maximum atomic E-state index is 5.55. The van der Waals surface area contributed by atoms with E-state index in [0.717, 1.165) is 13.0 Å². The monoisotopic (exact) mass is 187 g/mol. The number of thiocarbonyl (C=S) groups is 1. The van der Waals surface area contributed by atoms with Gasteiger partial charge in [0.05, 0.1) is 17.7 Å². The number of rotatable bonds is 5. The number of hydrogen-bond acceptors (Lipinski definition) is 2. The molecule has 0 atom stereocenters. The molecule has 3 heteroatoms. The maximum Gasteiger partial charge on any atom is 0.0733 e. The van der Waals surface area contributed by atoms with Gasteiger partial charge in [-0.25, -0.2) is 0 Å². The first-order chi connectivity index (χ1) is 5.54. The lowest BCUT2D eigenvalue weighted by Crippen LogP contribution is -2.21. The summed E-state index contributed by atoms with van der Waals surface area (Å²) >= 11 is 4.89. The molecule has 0 aliphatic heterocycles. The topological polar surface area (TPSA) is 35.2 Å². The van der Waals surface area contributed by atoms with Crippen LogP contribution in [0.1, 0.15) is 33.1 Å². The molecule has 1 fully saturated rings. The van der Waals surface area contributed by atoms with Crippen molar-refractivity contribution >= 4 is 17.2 Å². The zero-order chi connectivity index (χ0) is 9.19. The van der Waals surface area contributed by atoms with E-state index in [2.05, 4.69) is 13.8 Å². The van der Waals surface area contributed by atoms with Gasteiger partial charge in [0.15, 0.2) is 0 Å². The maximum absolute atomic E-state index is 5.55. The molecule has 0 unspecified atom stereocenters. The molecule has 0 spiro atoms. The predicted octanol–water partition coefficient (Wildman–Crippen LogP) is 1.87. The van der Waals surface area contributed by atoms with Crippen LogP contribution in [0.25, 0.3) is 0 Å². The van der Waals surface area contributed by atoms with Crippen molar-refractivity contribution in [3.63, 3.8) is 0 Å². The van der Waals surface area contributed by atoms with E-state index < -0.39 is 0 Å². The first-order valence-corrected chi connectivity index (χ1v) is 4.85. The molecule has 0 saturated heterocycles. The standard InChI is InChI=1S/C9H17NOS/c1-7(2)11-6-9(3-4-9)5-8(10)12/h7H,3-6H2,1-2H3,(H2,10,12). The van der Waals surface area contributed by atoms with Gasteiger partial charge >= 0.3 is 0 Å². The summed E-state index contributed by atoms with van der Waals surface area (Å²) in [6, 6.07) is 0. The van der Waals surface area contributed by atoms with Gasteiger partial charge in [-0.15, -0.1) is 0 Å². The lowest BCUT2D eigenvalue weighted by Gasteiger charge is -2.16. The van der Waals surface area contributed by atoms with Gasteiger partial charge in [0.1, 0.15) is 0 Å². The number of ether oxygens (including phenoxy) is 1. The highest BCUT2D eigenvalue weighted by atomic mass is 32.1. The Morgan fingerprint density at radius 3 is 2.50 bits per heavy atom. The summed E-state index contributed by atoms with van der Waals surface area (Å²) < 4.78 is 5.55. The second-order valence-electron chi connectivity index (χ2n) is 4.00. The van der Waals surface area contributed by atoms with Crippen LogP contribution in [0, 0.1) is 5.41 Å². The van der Waals surface area contributed by atoms with E-state index in [1.807, 2.05) is 0 Å². The van der Waals surface area contributed by atoms with E-state index in [9.17, 15) is 0 Å². The van der Waals surface area contributed by atoms with Gasteiger partial charge < -0.3 is 10.5 Å². The molecule has 2 nitrogen and oxygen atoms in total. The van der Waals surface area contributed by atoms with Crippen LogP contribution in [0.2, 0.25) is 0 Å². The molecule has 12 heavy (non-hydrogen) atoms. The van der Waals surface area contributed by atoms with Gasteiger partial charge in [-0.2, -0.15) is 0 Å². The van der Waals surface area contributed by atoms with Crippen molar-refractivity contribution < 1.29 is 4.74 Å². The second kappa shape index (κ2) is 3.71. The molecular weight excluding hydrogens is 170 g/mol. The number of hydrogen-bond donors (Lipinski definition) is 1. The van der Waals surface area contributed by atoms with Gasteiger partial charge in [-0.3, -0.25) is 0 Å². The fraction of sp³-hybridized carbons (Fsp3) is 0.889. The molecule has 0 bridgehead atoms. The van der Waals surface area contributed by atoms with Crippen molar-refractivity contribution in [1.82, 2.24) is 0 Å². The Hall–Kier alpha value is -0.150. The van der Waals surface area contributed by atoms with Gasteiger partial charge in [0.2, 0.25) is 0 Å². The lowest BCUT2D eigenvalue weighted by molar-refractivity contribution is 0.0454. The van der Waals surface area contributed by atoms with Crippen LogP contribution in [0.5, 0.6) is 0 Å². The normalized spacial score (nSPS) is 19.6. The third-order valence-corrected chi connectivity index (χ3v) is 2.37. The van der Waals surface area contributed by atoms with E-state index in [4.69, 9.17) is 22.7 Å². The molecule has 1 rings (SSSR count). The highest BCUT2D eigenvalue weighted by Crippen LogP contribution is 2.49. The third kappa shape index (κ3) is 3.07. The summed E-state index contributed by atoms with van der Waals surface area (Å²) in [6.45, 7) is 4.93. The molecule has 0 aromatic carbocycles. The van der Waals surface area contributed by atoms with Crippen molar-refractivity contribution in [2.75, 3.05) is 6.61 Å². The Kier molecular flexibility index (Phi) is 3.07. The highest BCUT2D eigenvalue weighted by molar-refractivity contribution is 7.80. The minimum Gasteiger partial charge on any atom is -0.393 e. The van der Waals surface area contributed by atoms with Crippen LogP contribution in [0.15, 0.2) is 0 Å². The summed E-state index contributed by atoms with van der Waals surface area (Å²) in [5.74, 6) is 0. The average molecular weight is 187 g/mol. The molecule has 0 heterocycles. The van der Waals surface area contributed by atoms with E-state index in [1.165, 1.54) is 12.8 Å². The van der Waals surface area contributed by atoms with E-state index in [1.54, 1.807) is 0 Å². The largest absolute Gasteiger partial charge is 0.393 e. The molecule has 0 radical (unpaired) electrons. The zero-order valence-corrected chi connectivity index (χ0v) is 8.62. The molecule has 0 amide bonds. The summed E-state index contributed by atoms with van der Waals surface area (Å²) in [7, 11) is 0. The van der Waals surface area contributed by atoms with Crippen molar-refractivity contribution in [1.29, 1.82) is 0 Å². The van der Waals surface area contributed by atoms with Crippen molar-refractivity contribution in [3.05, 3.63) is 0 Å². The van der Waals surface area contributed by atoms with Gasteiger partial charge in [0, 0.05) is 11.8 Å². The highest BCUT2D eigenvalue weighted by Gasteiger charge is 2.43. The van der Waals surface area contributed by atoms with Crippen molar-refractivity contribution in [2.45, 2.75) is 39.2 Å². The molecule has 1 aliphatic rings. The van der Waals surface area contributed by atoms with Crippen molar-refractivity contribution in [3.8, 4) is 0 Å². The molecule has 1 aliphatic carbocycles. The van der Waals surface area contributed by atoms with E-state index in [-0.39, 0.29) is 0 Å². The Labute approximate surface area is 79.5 Å². The van der Waals surface area contributed by atoms with Crippen LogP contribution in [0.4, 0.5) is 0 Å². The fourth-order valence-corrected chi connectivity index (χ4v) is 1.57. The van der Waals surface area contributed by atoms with Gasteiger partial charge in [-0.05, 0) is 26.7 Å². The Morgan fingerprint density at radius 2 is 2.17 bits per heavy atom. The van der Waals surface area contributed by atoms with Gasteiger partial charge in [0.25, 0.3) is 0 Å². The molecule has 2 N–H and O–H groups in total. The Bertz CT molecular complexity index is 175. The second-order valence-corrected chi connectivity index (χ2v) is 4.53. The quantitative estimate of drug-likeness (QED) is 0.667. The first-order valence-electron chi connectivity index (χ1n) is 4.44. The molecular formula is C9H17NOS. The Morgan fingerprint density at radius 1 is 1.58 bits per heavy atom. The summed E-state index contributed by atoms with van der Waals surface area (Å²) in [4.78, 5) is 0.625. The Balaban J connectivity index is 2.25. The minimum absolute atomic E-state index is 0.314. The summed E-state index contributed by atoms with van der Waals surface area (Å²) in [5, 5.41) is 0.